The fourth-order valence-corrected chi connectivity index (χ4v) is 4.19. The van der Waals surface area contributed by atoms with Crippen LogP contribution in [0.4, 0.5) is 10.6 Å². The maximum absolute atomic E-state index is 12.8. The molecule has 2 aromatic rings. The molecule has 7 heteroatoms. The maximum Gasteiger partial charge on any atom is 0.317 e. The summed E-state index contributed by atoms with van der Waals surface area (Å²) in [5.41, 5.74) is 3.22. The van der Waals surface area contributed by atoms with E-state index in [0.717, 1.165) is 48.0 Å². The lowest BCUT2D eigenvalue weighted by Crippen LogP contribution is -2.48. The van der Waals surface area contributed by atoms with Gasteiger partial charge in [-0.3, -0.25) is 0 Å². The summed E-state index contributed by atoms with van der Waals surface area (Å²) < 4.78 is 5.89. The molecular formula is C22H29N5O2. The van der Waals surface area contributed by atoms with E-state index >= 15 is 0 Å². The van der Waals surface area contributed by atoms with Gasteiger partial charge in [0.25, 0.3) is 0 Å². The van der Waals surface area contributed by atoms with E-state index in [4.69, 9.17) is 9.72 Å². The van der Waals surface area contributed by atoms with Crippen LogP contribution < -0.4 is 10.2 Å². The van der Waals surface area contributed by atoms with Crippen molar-refractivity contribution in [3.8, 4) is 0 Å². The minimum Gasteiger partial charge on any atom is -0.372 e. The molecule has 1 aromatic carbocycles. The molecule has 1 N–H and O–H groups in total. The summed E-state index contributed by atoms with van der Waals surface area (Å²) in [5, 5.41) is 3.04. The van der Waals surface area contributed by atoms with E-state index in [9.17, 15) is 4.79 Å². The summed E-state index contributed by atoms with van der Waals surface area (Å²) in [4.78, 5) is 26.4. The highest BCUT2D eigenvalue weighted by Gasteiger charge is 2.30. The Morgan fingerprint density at radius 3 is 2.62 bits per heavy atom. The second kappa shape index (κ2) is 8.37. The first-order chi connectivity index (χ1) is 14.0. The van der Waals surface area contributed by atoms with Gasteiger partial charge >= 0.3 is 6.03 Å². The van der Waals surface area contributed by atoms with Crippen LogP contribution in [0.1, 0.15) is 36.5 Å². The van der Waals surface area contributed by atoms with Gasteiger partial charge in [-0.1, -0.05) is 30.3 Å². The molecule has 0 saturated carbocycles. The molecule has 0 radical (unpaired) electrons. The van der Waals surface area contributed by atoms with Gasteiger partial charge in [-0.15, -0.1) is 0 Å². The number of fused-ring (bicyclic) bond motifs is 1. The molecule has 2 unspecified atom stereocenters. The lowest BCUT2D eigenvalue weighted by atomic mass is 10.0. The summed E-state index contributed by atoms with van der Waals surface area (Å²) in [6, 6.07) is 9.92. The minimum atomic E-state index is -0.0465. The molecule has 2 amide bonds. The zero-order valence-electron chi connectivity index (χ0n) is 17.4. The van der Waals surface area contributed by atoms with Crippen LogP contribution in [0.25, 0.3) is 0 Å². The first-order valence-electron chi connectivity index (χ1n) is 10.3. The van der Waals surface area contributed by atoms with Gasteiger partial charge in [0.05, 0.1) is 24.4 Å². The van der Waals surface area contributed by atoms with Crippen molar-refractivity contribution < 1.29 is 9.53 Å². The van der Waals surface area contributed by atoms with Crippen molar-refractivity contribution in [2.24, 2.45) is 0 Å². The number of hydrogen-bond donors (Lipinski definition) is 1. The molecule has 0 spiro atoms. The molecule has 7 nitrogen and oxygen atoms in total. The first kappa shape index (κ1) is 19.6. The third kappa shape index (κ3) is 4.50. The number of nitrogens with zero attached hydrogens (tertiary/aromatic N) is 4. The zero-order chi connectivity index (χ0) is 20.4. The Hall–Kier alpha value is -2.67. The van der Waals surface area contributed by atoms with Gasteiger partial charge in [0.1, 0.15) is 11.6 Å². The molecule has 4 rings (SSSR count). The van der Waals surface area contributed by atoms with Gasteiger partial charge < -0.3 is 19.9 Å². The van der Waals surface area contributed by atoms with Crippen molar-refractivity contribution in [3.05, 3.63) is 53.0 Å². The van der Waals surface area contributed by atoms with Gasteiger partial charge in [0, 0.05) is 38.2 Å². The average Bonchev–Trinajstić information content (AvgIpc) is 2.71. The summed E-state index contributed by atoms with van der Waals surface area (Å²) in [5.74, 6) is 1.74. The van der Waals surface area contributed by atoms with E-state index in [1.165, 1.54) is 0 Å². The molecule has 2 atom stereocenters. The number of carbonyl (C=O) groups is 1. The van der Waals surface area contributed by atoms with Gasteiger partial charge in [-0.25, -0.2) is 14.8 Å². The Morgan fingerprint density at radius 1 is 1.17 bits per heavy atom. The second-order valence-corrected chi connectivity index (χ2v) is 8.00. The third-order valence-electron chi connectivity index (χ3n) is 5.44. The van der Waals surface area contributed by atoms with Crippen LogP contribution in [0.3, 0.4) is 0 Å². The van der Waals surface area contributed by atoms with Crippen LogP contribution in [-0.2, 0) is 24.2 Å². The number of urea groups is 1. The van der Waals surface area contributed by atoms with Gasteiger partial charge in [-0.05, 0) is 26.3 Å². The minimum absolute atomic E-state index is 0.0465. The van der Waals surface area contributed by atoms with Crippen LogP contribution in [0, 0.1) is 6.92 Å². The Bertz CT molecular complexity index is 863. The van der Waals surface area contributed by atoms with Crippen LogP contribution >= 0.6 is 0 Å². The molecular weight excluding hydrogens is 366 g/mol. The van der Waals surface area contributed by atoms with Crippen LogP contribution in [0.2, 0.25) is 0 Å². The van der Waals surface area contributed by atoms with E-state index in [0.29, 0.717) is 19.6 Å². The molecule has 1 saturated heterocycles. The normalized spacial score (nSPS) is 21.6. The summed E-state index contributed by atoms with van der Waals surface area (Å²) in [7, 11) is 0. The lowest BCUT2D eigenvalue weighted by Gasteiger charge is -2.38. The molecule has 1 fully saturated rings. The molecule has 29 heavy (non-hydrogen) atoms. The topological polar surface area (TPSA) is 70.6 Å². The fraction of sp³-hybridized carbons (Fsp3) is 0.500. The first-order valence-corrected chi connectivity index (χ1v) is 10.3. The number of hydrogen-bond acceptors (Lipinski definition) is 5. The predicted octanol–water partition coefficient (Wildman–Crippen LogP) is 2.67. The molecule has 154 valence electrons. The highest BCUT2D eigenvalue weighted by molar-refractivity contribution is 5.75. The summed E-state index contributed by atoms with van der Waals surface area (Å²) in [6.07, 6.45) is 1.05. The van der Waals surface area contributed by atoms with Crippen molar-refractivity contribution in [3.63, 3.8) is 0 Å². The number of aromatic nitrogens is 2. The number of rotatable bonds is 3. The van der Waals surface area contributed by atoms with Crippen LogP contribution in [0.5, 0.6) is 0 Å². The number of ether oxygens (including phenoxy) is 1. The maximum atomic E-state index is 12.8. The Balaban J connectivity index is 1.51. The monoisotopic (exact) mass is 395 g/mol. The Labute approximate surface area is 172 Å². The van der Waals surface area contributed by atoms with Crippen molar-refractivity contribution in [2.75, 3.05) is 24.5 Å². The second-order valence-electron chi connectivity index (χ2n) is 8.00. The van der Waals surface area contributed by atoms with Crippen LogP contribution in [-0.4, -0.2) is 52.7 Å². The summed E-state index contributed by atoms with van der Waals surface area (Å²) >= 11 is 0. The van der Waals surface area contributed by atoms with E-state index in [1.54, 1.807) is 0 Å². The largest absolute Gasteiger partial charge is 0.372 e. The summed E-state index contributed by atoms with van der Waals surface area (Å²) in [6.45, 7) is 9.44. The standard InChI is InChI=1S/C22H29N5O2/c1-15-12-27(13-16(2)29-15)21-19-14-26(10-9-20(19)24-17(3)25-21)22(28)23-11-18-7-5-4-6-8-18/h4-8,15-16H,9-14H2,1-3H3,(H,23,28). The zero-order valence-corrected chi connectivity index (χ0v) is 17.4. The number of amides is 2. The van der Waals surface area contributed by atoms with Crippen molar-refractivity contribution in [2.45, 2.75) is 52.5 Å². The number of anilines is 1. The van der Waals surface area contributed by atoms with Crippen molar-refractivity contribution in [1.82, 2.24) is 20.2 Å². The molecule has 1 aromatic heterocycles. The molecule has 2 aliphatic rings. The number of aryl methyl sites for hydroxylation is 1. The van der Waals surface area contributed by atoms with E-state index in [-0.39, 0.29) is 18.2 Å². The molecule has 3 heterocycles. The Morgan fingerprint density at radius 2 is 1.90 bits per heavy atom. The van der Waals surface area contributed by atoms with Crippen molar-refractivity contribution >= 4 is 11.8 Å². The molecule has 0 aliphatic carbocycles. The van der Waals surface area contributed by atoms with Gasteiger partial charge in [0.15, 0.2) is 0 Å². The number of morpholine rings is 1. The van der Waals surface area contributed by atoms with E-state index in [1.807, 2.05) is 42.2 Å². The third-order valence-corrected chi connectivity index (χ3v) is 5.44. The SMILES string of the molecule is Cc1nc2c(c(N3CC(C)OC(C)C3)n1)CN(C(=O)NCc1ccccc1)CC2. The Kier molecular flexibility index (Phi) is 5.67. The smallest absolute Gasteiger partial charge is 0.317 e. The highest BCUT2D eigenvalue weighted by Crippen LogP contribution is 2.29. The number of nitrogens with one attached hydrogen (secondary N) is 1. The number of carbonyl (C=O) groups excluding carboxylic acids is 1. The molecule has 0 bridgehead atoms. The lowest BCUT2D eigenvalue weighted by molar-refractivity contribution is -0.00558. The van der Waals surface area contributed by atoms with Gasteiger partial charge in [-0.2, -0.15) is 0 Å². The van der Waals surface area contributed by atoms with E-state index in [2.05, 4.69) is 29.0 Å². The predicted molar refractivity (Wildman–Crippen MR) is 112 cm³/mol. The van der Waals surface area contributed by atoms with Crippen molar-refractivity contribution in [1.29, 1.82) is 0 Å². The number of benzene rings is 1. The quantitative estimate of drug-likeness (QED) is 0.865. The van der Waals surface area contributed by atoms with E-state index < -0.39 is 0 Å². The average molecular weight is 396 g/mol. The van der Waals surface area contributed by atoms with Gasteiger partial charge in [0.2, 0.25) is 0 Å². The van der Waals surface area contributed by atoms with Crippen LogP contribution in [0.15, 0.2) is 30.3 Å². The highest BCUT2D eigenvalue weighted by atomic mass is 16.5. The molecule has 2 aliphatic heterocycles. The fourth-order valence-electron chi connectivity index (χ4n) is 4.19.